The molecule has 0 aliphatic rings. The average molecular weight is 682 g/mol. The Morgan fingerprint density at radius 1 is 0.396 bits per heavy atom. The van der Waals surface area contributed by atoms with Gasteiger partial charge in [-0.15, -0.1) is 0 Å². The minimum Gasteiger partial charge on any atom is -0.455 e. The summed E-state index contributed by atoms with van der Waals surface area (Å²) >= 11 is 0. The molecule has 7 heteroatoms. The largest absolute Gasteiger partial charge is 0.455 e. The summed E-state index contributed by atoms with van der Waals surface area (Å²) in [6, 6.07) is 55.0. The van der Waals surface area contributed by atoms with Crippen LogP contribution < -0.4 is 0 Å². The molecule has 11 aromatic rings. The molecule has 0 N–H and O–H groups in total. The Hall–Kier alpha value is -7.38. The van der Waals surface area contributed by atoms with E-state index in [1.54, 1.807) is 0 Å². The van der Waals surface area contributed by atoms with E-state index in [0.29, 0.717) is 17.5 Å². The van der Waals surface area contributed by atoms with Crippen LogP contribution in [0, 0.1) is 0 Å². The molecule has 0 radical (unpaired) electrons. The van der Waals surface area contributed by atoms with Crippen molar-refractivity contribution in [3.8, 4) is 51.2 Å². The van der Waals surface area contributed by atoms with E-state index >= 15 is 0 Å². The third-order valence-corrected chi connectivity index (χ3v) is 9.89. The molecule has 0 saturated carbocycles. The van der Waals surface area contributed by atoms with Crippen LogP contribution in [0.4, 0.5) is 0 Å². The Morgan fingerprint density at radius 3 is 1.85 bits per heavy atom. The molecular weight excluding hydrogens is 655 g/mol. The Balaban J connectivity index is 1.16. The van der Waals surface area contributed by atoms with Crippen molar-refractivity contribution < 1.29 is 8.83 Å². The first-order valence-corrected chi connectivity index (χ1v) is 17.5. The van der Waals surface area contributed by atoms with E-state index in [2.05, 4.69) is 59.2 Å². The van der Waals surface area contributed by atoms with Gasteiger partial charge in [0.1, 0.15) is 28.2 Å². The van der Waals surface area contributed by atoms with Crippen molar-refractivity contribution in [3.05, 3.63) is 164 Å². The number of imidazole rings is 1. The molecule has 53 heavy (non-hydrogen) atoms. The highest BCUT2D eigenvalue weighted by atomic mass is 16.3. The molecule has 4 heterocycles. The van der Waals surface area contributed by atoms with E-state index in [-0.39, 0.29) is 0 Å². The maximum absolute atomic E-state index is 6.77. The normalized spacial score (nSPS) is 11.8. The second kappa shape index (κ2) is 11.6. The lowest BCUT2D eigenvalue weighted by Gasteiger charge is -2.10. The van der Waals surface area contributed by atoms with Crippen LogP contribution in [-0.4, -0.2) is 24.5 Å². The molecule has 248 valence electrons. The van der Waals surface area contributed by atoms with Crippen molar-refractivity contribution in [2.24, 2.45) is 0 Å². The molecule has 0 amide bonds. The van der Waals surface area contributed by atoms with Crippen molar-refractivity contribution in [1.82, 2.24) is 24.5 Å². The quantitative estimate of drug-likeness (QED) is 0.180. The van der Waals surface area contributed by atoms with Gasteiger partial charge in [0.15, 0.2) is 17.5 Å². The maximum Gasteiger partial charge on any atom is 0.167 e. The highest BCUT2D eigenvalue weighted by Gasteiger charge is 2.23. The fourth-order valence-electron chi connectivity index (χ4n) is 7.51. The minimum absolute atomic E-state index is 0.528. The van der Waals surface area contributed by atoms with E-state index in [0.717, 1.165) is 88.7 Å². The van der Waals surface area contributed by atoms with Gasteiger partial charge < -0.3 is 8.83 Å². The van der Waals surface area contributed by atoms with E-state index in [1.165, 1.54) is 0 Å². The number of nitrogens with zero attached hydrogens (tertiary/aromatic N) is 5. The molecule has 0 aliphatic carbocycles. The summed E-state index contributed by atoms with van der Waals surface area (Å²) in [7, 11) is 0. The zero-order chi connectivity index (χ0) is 34.9. The predicted octanol–water partition coefficient (Wildman–Crippen LogP) is 11.7. The number of fused-ring (bicyclic) bond motifs is 7. The van der Waals surface area contributed by atoms with Gasteiger partial charge in [-0.05, 0) is 48.5 Å². The van der Waals surface area contributed by atoms with E-state index in [1.807, 2.05) is 109 Å². The number of benzene rings is 7. The van der Waals surface area contributed by atoms with E-state index < -0.39 is 0 Å². The Labute approximate surface area is 302 Å². The number of para-hydroxylation sites is 6. The Bertz CT molecular complexity index is 3180. The van der Waals surface area contributed by atoms with Crippen LogP contribution >= 0.6 is 0 Å². The fourth-order valence-corrected chi connectivity index (χ4v) is 7.51. The molecule has 7 nitrogen and oxygen atoms in total. The number of hydrogen-bond acceptors (Lipinski definition) is 6. The van der Waals surface area contributed by atoms with Crippen molar-refractivity contribution in [2.75, 3.05) is 0 Å². The first-order valence-electron chi connectivity index (χ1n) is 17.5. The second-order valence-corrected chi connectivity index (χ2v) is 13.0. The van der Waals surface area contributed by atoms with Crippen LogP contribution in [0.2, 0.25) is 0 Å². The summed E-state index contributed by atoms with van der Waals surface area (Å²) in [5.74, 6) is 2.44. The third kappa shape index (κ3) is 4.61. The SMILES string of the molecule is c1ccc(-c2nc(-c3cccc4c3oc3ccccc34)nc(-c3cccc4oc5c(-c6nc7ccccc7n6-c6ccccc6)cccc5c34)n2)cc1. The highest BCUT2D eigenvalue weighted by Crippen LogP contribution is 2.42. The Morgan fingerprint density at radius 2 is 0.981 bits per heavy atom. The van der Waals surface area contributed by atoms with Gasteiger partial charge in [-0.2, -0.15) is 0 Å². The van der Waals surface area contributed by atoms with Crippen LogP contribution in [0.25, 0.3) is 106 Å². The van der Waals surface area contributed by atoms with Crippen molar-refractivity contribution >= 4 is 54.9 Å². The zero-order valence-electron chi connectivity index (χ0n) is 28.1. The third-order valence-electron chi connectivity index (χ3n) is 9.89. The summed E-state index contributed by atoms with van der Waals surface area (Å²) in [6.07, 6.45) is 0. The van der Waals surface area contributed by atoms with Crippen LogP contribution in [-0.2, 0) is 0 Å². The molecule has 0 bridgehead atoms. The first kappa shape index (κ1) is 29.4. The molecule has 7 aromatic carbocycles. The molecule has 0 atom stereocenters. The second-order valence-electron chi connectivity index (χ2n) is 13.0. The van der Waals surface area contributed by atoms with Gasteiger partial charge in [-0.3, -0.25) is 4.57 Å². The van der Waals surface area contributed by atoms with E-state index in [9.17, 15) is 0 Å². The first-order chi connectivity index (χ1) is 26.3. The lowest BCUT2D eigenvalue weighted by Crippen LogP contribution is -2.00. The summed E-state index contributed by atoms with van der Waals surface area (Å²) in [4.78, 5) is 20.5. The highest BCUT2D eigenvalue weighted by molar-refractivity contribution is 6.15. The maximum atomic E-state index is 6.77. The van der Waals surface area contributed by atoms with Crippen LogP contribution in [0.1, 0.15) is 0 Å². The van der Waals surface area contributed by atoms with Crippen LogP contribution in [0.15, 0.2) is 173 Å². The van der Waals surface area contributed by atoms with Gasteiger partial charge in [0.05, 0.1) is 22.2 Å². The summed E-state index contributed by atoms with van der Waals surface area (Å²) in [5.41, 5.74) is 9.40. The van der Waals surface area contributed by atoms with Crippen LogP contribution in [0.3, 0.4) is 0 Å². The molecule has 0 unspecified atom stereocenters. The lowest BCUT2D eigenvalue weighted by molar-refractivity contribution is 0.669. The molecule has 0 spiro atoms. The fraction of sp³-hybridized carbons (Fsp3) is 0. The van der Waals surface area contributed by atoms with Gasteiger partial charge >= 0.3 is 0 Å². The topological polar surface area (TPSA) is 82.8 Å². The van der Waals surface area contributed by atoms with Crippen LogP contribution in [0.5, 0.6) is 0 Å². The number of aromatic nitrogens is 5. The van der Waals surface area contributed by atoms with Gasteiger partial charge in [-0.25, -0.2) is 19.9 Å². The summed E-state index contributed by atoms with van der Waals surface area (Å²) < 4.78 is 15.4. The molecule has 0 aliphatic heterocycles. The molecule has 11 rings (SSSR count). The molecule has 0 saturated heterocycles. The summed E-state index contributed by atoms with van der Waals surface area (Å²) in [6.45, 7) is 0. The van der Waals surface area contributed by atoms with Gasteiger partial charge in [0, 0.05) is 38.4 Å². The lowest BCUT2D eigenvalue weighted by atomic mass is 10.0. The number of hydrogen-bond donors (Lipinski definition) is 0. The number of rotatable bonds is 5. The standard InChI is InChI=1S/C46H27N5O2/c1-3-14-28(15-4-1)43-48-44(50-45(49-43)34-22-11-19-31-30-18-7-10-26-38(30)52-41(31)34)33-21-13-27-39-40(33)32-20-12-23-35(42(32)53-39)46-47-36-24-8-9-25-37(36)51(46)29-16-5-2-6-17-29/h1-27H. The van der Waals surface area contributed by atoms with Gasteiger partial charge in [-0.1, -0.05) is 115 Å². The van der Waals surface area contributed by atoms with Gasteiger partial charge in [0.25, 0.3) is 0 Å². The minimum atomic E-state index is 0.528. The molecule has 0 fully saturated rings. The van der Waals surface area contributed by atoms with Crippen molar-refractivity contribution in [1.29, 1.82) is 0 Å². The predicted molar refractivity (Wildman–Crippen MR) is 211 cm³/mol. The van der Waals surface area contributed by atoms with Crippen molar-refractivity contribution in [3.63, 3.8) is 0 Å². The van der Waals surface area contributed by atoms with Crippen molar-refractivity contribution in [2.45, 2.75) is 0 Å². The summed E-state index contributed by atoms with van der Waals surface area (Å²) in [5, 5.41) is 3.93. The van der Waals surface area contributed by atoms with E-state index in [4.69, 9.17) is 28.8 Å². The molecular formula is C46H27N5O2. The monoisotopic (exact) mass is 681 g/mol. The number of furan rings is 2. The van der Waals surface area contributed by atoms with Gasteiger partial charge in [0.2, 0.25) is 0 Å². The Kier molecular flexibility index (Phi) is 6.42. The average Bonchev–Trinajstić information content (AvgIpc) is 3.93. The molecule has 4 aromatic heterocycles. The zero-order valence-corrected chi connectivity index (χ0v) is 28.1. The smallest absolute Gasteiger partial charge is 0.167 e.